The Bertz CT molecular complexity index is 760. The van der Waals surface area contributed by atoms with Crippen LogP contribution in [0.4, 0.5) is 5.69 Å². The molecule has 0 bridgehead atoms. The van der Waals surface area contributed by atoms with E-state index in [0.29, 0.717) is 17.7 Å². The molecule has 0 fully saturated rings. The van der Waals surface area contributed by atoms with Crippen LogP contribution in [0.1, 0.15) is 28.4 Å². The molecular formula is C19H21IN2O3. The highest BCUT2D eigenvalue weighted by atomic mass is 127. The summed E-state index contributed by atoms with van der Waals surface area (Å²) in [6.07, 6.45) is 0.545. The molecule has 6 heteroatoms. The first-order chi connectivity index (χ1) is 11.9. The SMILES string of the molecule is CC(=O)Nc1cc(C(=O)NC(CO)Cc2ccc(I)cc2)ccc1C. The topological polar surface area (TPSA) is 78.4 Å². The van der Waals surface area contributed by atoms with E-state index in [9.17, 15) is 14.7 Å². The minimum atomic E-state index is -0.377. The van der Waals surface area contributed by atoms with Crippen molar-refractivity contribution >= 4 is 40.1 Å². The summed E-state index contributed by atoms with van der Waals surface area (Å²) in [6, 6.07) is 12.7. The zero-order chi connectivity index (χ0) is 18.4. The summed E-state index contributed by atoms with van der Waals surface area (Å²) in [5, 5.41) is 15.1. The number of hydrogen-bond donors (Lipinski definition) is 3. The van der Waals surface area contributed by atoms with E-state index in [-0.39, 0.29) is 24.5 Å². The zero-order valence-corrected chi connectivity index (χ0v) is 16.3. The third-order valence-corrected chi connectivity index (χ3v) is 4.48. The number of anilines is 1. The van der Waals surface area contributed by atoms with Crippen LogP contribution >= 0.6 is 22.6 Å². The van der Waals surface area contributed by atoms with Crippen LogP contribution in [-0.4, -0.2) is 29.6 Å². The summed E-state index contributed by atoms with van der Waals surface area (Å²) in [4.78, 5) is 23.7. The van der Waals surface area contributed by atoms with Gasteiger partial charge in [-0.15, -0.1) is 0 Å². The van der Waals surface area contributed by atoms with Crippen molar-refractivity contribution in [1.82, 2.24) is 5.32 Å². The van der Waals surface area contributed by atoms with Gasteiger partial charge in [0.25, 0.3) is 5.91 Å². The molecule has 0 aliphatic carbocycles. The number of carbonyl (C=O) groups excluding carboxylic acids is 2. The van der Waals surface area contributed by atoms with Crippen LogP contribution in [0, 0.1) is 10.5 Å². The van der Waals surface area contributed by atoms with Crippen molar-refractivity contribution in [2.45, 2.75) is 26.3 Å². The van der Waals surface area contributed by atoms with Gasteiger partial charge in [-0.1, -0.05) is 18.2 Å². The molecule has 0 saturated heterocycles. The second kappa shape index (κ2) is 8.96. The Balaban J connectivity index is 2.08. The molecular weight excluding hydrogens is 431 g/mol. The Hall–Kier alpha value is -1.93. The lowest BCUT2D eigenvalue weighted by Crippen LogP contribution is -2.39. The van der Waals surface area contributed by atoms with Crippen LogP contribution in [0.3, 0.4) is 0 Å². The zero-order valence-electron chi connectivity index (χ0n) is 14.2. The lowest BCUT2D eigenvalue weighted by molar-refractivity contribution is -0.114. The third kappa shape index (κ3) is 5.82. The summed E-state index contributed by atoms with van der Waals surface area (Å²) in [5.41, 5.74) is 2.97. The Morgan fingerprint density at radius 3 is 2.44 bits per heavy atom. The van der Waals surface area contributed by atoms with Crippen LogP contribution in [0.5, 0.6) is 0 Å². The third-order valence-electron chi connectivity index (χ3n) is 3.76. The Morgan fingerprint density at radius 1 is 1.16 bits per heavy atom. The van der Waals surface area contributed by atoms with Crippen molar-refractivity contribution < 1.29 is 14.7 Å². The molecule has 0 radical (unpaired) electrons. The highest BCUT2D eigenvalue weighted by Crippen LogP contribution is 2.17. The molecule has 0 spiro atoms. The fourth-order valence-electron chi connectivity index (χ4n) is 2.42. The van der Waals surface area contributed by atoms with Gasteiger partial charge in [0.2, 0.25) is 5.91 Å². The Kier molecular flexibility index (Phi) is 6.95. The van der Waals surface area contributed by atoms with Crippen molar-refractivity contribution in [2.24, 2.45) is 0 Å². The number of aryl methyl sites for hydroxylation is 1. The fraction of sp³-hybridized carbons (Fsp3) is 0.263. The van der Waals surface area contributed by atoms with E-state index in [4.69, 9.17) is 0 Å². The molecule has 0 heterocycles. The first-order valence-corrected chi connectivity index (χ1v) is 9.01. The van der Waals surface area contributed by atoms with Gasteiger partial charge in [-0.3, -0.25) is 9.59 Å². The van der Waals surface area contributed by atoms with Gasteiger partial charge in [-0.25, -0.2) is 0 Å². The molecule has 2 rings (SSSR count). The molecule has 1 atom stereocenters. The van der Waals surface area contributed by atoms with Crippen LogP contribution in [0.2, 0.25) is 0 Å². The molecule has 132 valence electrons. The maximum atomic E-state index is 12.5. The van der Waals surface area contributed by atoms with Crippen LogP contribution in [0.15, 0.2) is 42.5 Å². The number of amides is 2. The van der Waals surface area contributed by atoms with Crippen molar-refractivity contribution in [2.75, 3.05) is 11.9 Å². The molecule has 3 N–H and O–H groups in total. The van der Waals surface area contributed by atoms with Crippen molar-refractivity contribution in [3.8, 4) is 0 Å². The maximum absolute atomic E-state index is 12.5. The normalized spacial score (nSPS) is 11.7. The van der Waals surface area contributed by atoms with Crippen molar-refractivity contribution in [1.29, 1.82) is 0 Å². The number of benzene rings is 2. The second-order valence-electron chi connectivity index (χ2n) is 5.89. The van der Waals surface area contributed by atoms with Gasteiger partial charge >= 0.3 is 0 Å². The molecule has 25 heavy (non-hydrogen) atoms. The molecule has 2 amide bonds. The van der Waals surface area contributed by atoms with E-state index < -0.39 is 0 Å². The number of carbonyl (C=O) groups is 2. The Labute approximate surface area is 161 Å². The van der Waals surface area contributed by atoms with E-state index in [1.54, 1.807) is 18.2 Å². The average molecular weight is 452 g/mol. The highest BCUT2D eigenvalue weighted by Gasteiger charge is 2.15. The van der Waals surface area contributed by atoms with E-state index in [1.165, 1.54) is 6.92 Å². The molecule has 0 aliphatic rings. The lowest BCUT2D eigenvalue weighted by Gasteiger charge is -2.17. The number of aliphatic hydroxyl groups excluding tert-OH is 1. The summed E-state index contributed by atoms with van der Waals surface area (Å²) in [5.74, 6) is -0.469. The molecule has 0 aliphatic heterocycles. The molecule has 0 aromatic heterocycles. The summed E-state index contributed by atoms with van der Waals surface area (Å²) in [6.45, 7) is 3.14. The fourth-order valence-corrected chi connectivity index (χ4v) is 2.78. The second-order valence-corrected chi connectivity index (χ2v) is 7.14. The number of nitrogens with one attached hydrogen (secondary N) is 2. The predicted molar refractivity (Wildman–Crippen MR) is 107 cm³/mol. The van der Waals surface area contributed by atoms with Gasteiger partial charge in [-0.05, 0) is 71.3 Å². The summed E-state index contributed by atoms with van der Waals surface area (Å²) >= 11 is 2.23. The van der Waals surface area contributed by atoms with E-state index >= 15 is 0 Å². The van der Waals surface area contributed by atoms with Crippen molar-refractivity contribution in [3.63, 3.8) is 0 Å². The predicted octanol–water partition coefficient (Wildman–Crippen LogP) is 2.89. The monoisotopic (exact) mass is 452 g/mol. The molecule has 0 saturated carbocycles. The number of halogens is 1. The van der Waals surface area contributed by atoms with E-state index in [2.05, 4.69) is 33.2 Å². The van der Waals surface area contributed by atoms with Gasteiger partial charge in [0, 0.05) is 21.7 Å². The largest absolute Gasteiger partial charge is 0.394 e. The minimum Gasteiger partial charge on any atom is -0.394 e. The van der Waals surface area contributed by atoms with Gasteiger partial charge in [-0.2, -0.15) is 0 Å². The molecule has 1 unspecified atom stereocenters. The average Bonchev–Trinajstić information content (AvgIpc) is 2.57. The van der Waals surface area contributed by atoms with E-state index in [0.717, 1.165) is 14.7 Å². The number of aliphatic hydroxyl groups is 1. The summed E-state index contributed by atoms with van der Waals surface area (Å²) in [7, 11) is 0. The lowest BCUT2D eigenvalue weighted by atomic mass is 10.1. The van der Waals surface area contributed by atoms with Crippen LogP contribution in [0.25, 0.3) is 0 Å². The quantitative estimate of drug-likeness (QED) is 0.590. The van der Waals surface area contributed by atoms with Gasteiger partial charge in [0.05, 0.1) is 12.6 Å². The Morgan fingerprint density at radius 2 is 1.84 bits per heavy atom. The standard InChI is InChI=1S/C19H21IN2O3/c1-12-3-6-15(10-18(12)21-13(2)24)19(25)22-17(11-23)9-14-4-7-16(20)8-5-14/h3-8,10,17,23H,9,11H2,1-2H3,(H,21,24)(H,22,25). The first-order valence-electron chi connectivity index (χ1n) is 7.93. The van der Waals surface area contributed by atoms with Gasteiger partial charge in [0.1, 0.15) is 0 Å². The molecule has 2 aromatic carbocycles. The van der Waals surface area contributed by atoms with Crippen LogP contribution in [-0.2, 0) is 11.2 Å². The minimum absolute atomic E-state index is 0.151. The number of hydrogen-bond acceptors (Lipinski definition) is 3. The van der Waals surface area contributed by atoms with Gasteiger partial charge in [0.15, 0.2) is 0 Å². The van der Waals surface area contributed by atoms with Crippen molar-refractivity contribution in [3.05, 3.63) is 62.7 Å². The first kappa shape index (κ1) is 19.4. The van der Waals surface area contributed by atoms with Gasteiger partial charge < -0.3 is 15.7 Å². The molecule has 5 nitrogen and oxygen atoms in total. The molecule has 2 aromatic rings. The smallest absolute Gasteiger partial charge is 0.251 e. The van der Waals surface area contributed by atoms with Crippen LogP contribution < -0.4 is 10.6 Å². The summed E-state index contributed by atoms with van der Waals surface area (Å²) < 4.78 is 1.14. The number of rotatable bonds is 6. The van der Waals surface area contributed by atoms with E-state index in [1.807, 2.05) is 31.2 Å². The maximum Gasteiger partial charge on any atom is 0.251 e. The highest BCUT2D eigenvalue weighted by molar-refractivity contribution is 14.1.